The minimum Gasteiger partial charge on any atom is -0.493 e. The van der Waals surface area contributed by atoms with Crippen LogP contribution in [-0.4, -0.2) is 34.2 Å². The molecular formula is C16H20BrN3O2. The lowest BCUT2D eigenvalue weighted by Gasteiger charge is -2.18. The molecule has 1 heterocycles. The molecule has 0 saturated heterocycles. The third-order valence-electron chi connectivity index (χ3n) is 3.26. The minimum absolute atomic E-state index is 0.0815. The van der Waals surface area contributed by atoms with Gasteiger partial charge in [-0.25, -0.2) is 0 Å². The summed E-state index contributed by atoms with van der Waals surface area (Å²) in [4.78, 5) is 14.3. The van der Waals surface area contributed by atoms with Crippen molar-refractivity contribution in [3.63, 3.8) is 0 Å². The highest BCUT2D eigenvalue weighted by molar-refractivity contribution is 9.10. The van der Waals surface area contributed by atoms with Crippen LogP contribution in [0.5, 0.6) is 5.75 Å². The van der Waals surface area contributed by atoms with Gasteiger partial charge in [-0.2, -0.15) is 5.10 Å². The van der Waals surface area contributed by atoms with Crippen LogP contribution < -0.4 is 4.74 Å². The van der Waals surface area contributed by atoms with E-state index in [1.807, 2.05) is 42.9 Å². The maximum Gasteiger partial charge on any atom is 0.257 e. The summed E-state index contributed by atoms with van der Waals surface area (Å²) >= 11 is 3.49. The van der Waals surface area contributed by atoms with E-state index < -0.39 is 0 Å². The molecular weight excluding hydrogens is 346 g/mol. The Morgan fingerprint density at radius 3 is 2.73 bits per heavy atom. The van der Waals surface area contributed by atoms with Crippen LogP contribution in [0.3, 0.4) is 0 Å². The van der Waals surface area contributed by atoms with Gasteiger partial charge in [0.25, 0.3) is 5.91 Å². The van der Waals surface area contributed by atoms with Crippen molar-refractivity contribution >= 4 is 21.8 Å². The number of halogens is 1. The summed E-state index contributed by atoms with van der Waals surface area (Å²) in [5, 5.41) is 4.45. The molecule has 0 saturated carbocycles. The van der Waals surface area contributed by atoms with E-state index in [4.69, 9.17) is 4.74 Å². The largest absolute Gasteiger partial charge is 0.493 e. The molecule has 0 unspecified atom stereocenters. The molecule has 22 heavy (non-hydrogen) atoms. The van der Waals surface area contributed by atoms with Crippen molar-refractivity contribution in [3.8, 4) is 5.75 Å². The summed E-state index contributed by atoms with van der Waals surface area (Å²) in [5.74, 6) is 0.530. The van der Waals surface area contributed by atoms with E-state index in [1.165, 1.54) is 0 Å². The van der Waals surface area contributed by atoms with Crippen molar-refractivity contribution in [2.75, 3.05) is 13.7 Å². The Morgan fingerprint density at radius 2 is 2.09 bits per heavy atom. The number of para-hydroxylation sites is 1. The number of rotatable bonds is 6. The van der Waals surface area contributed by atoms with Gasteiger partial charge in [0.2, 0.25) is 0 Å². The first-order valence-electron chi connectivity index (χ1n) is 7.25. The highest BCUT2D eigenvalue weighted by atomic mass is 79.9. The van der Waals surface area contributed by atoms with Gasteiger partial charge in [-0.05, 0) is 41.9 Å². The molecule has 0 N–H and O–H groups in total. The zero-order valence-corrected chi connectivity index (χ0v) is 14.6. The van der Waals surface area contributed by atoms with E-state index in [9.17, 15) is 4.79 Å². The normalized spacial score (nSPS) is 10.5. The van der Waals surface area contributed by atoms with E-state index in [-0.39, 0.29) is 5.91 Å². The Balaban J connectivity index is 2.17. The van der Waals surface area contributed by atoms with E-state index in [0.717, 1.165) is 16.7 Å². The fourth-order valence-electron chi connectivity index (χ4n) is 2.13. The summed E-state index contributed by atoms with van der Waals surface area (Å²) in [6.45, 7) is 5.69. The molecule has 1 aromatic carbocycles. The predicted molar refractivity (Wildman–Crippen MR) is 89.0 cm³/mol. The lowest BCUT2D eigenvalue weighted by atomic mass is 10.1. The average molecular weight is 366 g/mol. The molecule has 118 valence electrons. The van der Waals surface area contributed by atoms with Gasteiger partial charge in [0.1, 0.15) is 5.75 Å². The second-order valence-corrected chi connectivity index (χ2v) is 5.72. The molecule has 0 aliphatic carbocycles. The number of aromatic nitrogens is 2. The number of aryl methyl sites for hydroxylation is 1. The summed E-state index contributed by atoms with van der Waals surface area (Å²) in [7, 11) is 1.77. The predicted octanol–water partition coefficient (Wildman–Crippen LogP) is 3.34. The second-order valence-electron chi connectivity index (χ2n) is 4.87. The molecule has 6 heteroatoms. The van der Waals surface area contributed by atoms with Crippen molar-refractivity contribution < 1.29 is 9.53 Å². The third kappa shape index (κ3) is 3.68. The Kier molecular flexibility index (Phi) is 5.60. The van der Waals surface area contributed by atoms with E-state index >= 15 is 0 Å². The van der Waals surface area contributed by atoms with Crippen molar-refractivity contribution in [2.45, 2.75) is 26.9 Å². The molecule has 0 atom stereocenters. The number of nitrogens with zero attached hydrogens (tertiary/aromatic N) is 3. The van der Waals surface area contributed by atoms with E-state index in [2.05, 4.69) is 21.0 Å². The van der Waals surface area contributed by atoms with Gasteiger partial charge in [-0.3, -0.25) is 9.48 Å². The quantitative estimate of drug-likeness (QED) is 0.788. The highest BCUT2D eigenvalue weighted by Gasteiger charge is 2.18. The summed E-state index contributed by atoms with van der Waals surface area (Å²) in [6.07, 6.45) is 1.92. The fourth-order valence-corrected chi connectivity index (χ4v) is 2.57. The third-order valence-corrected chi connectivity index (χ3v) is 3.92. The fraction of sp³-hybridized carbons (Fsp3) is 0.375. The van der Waals surface area contributed by atoms with Gasteiger partial charge in [-0.1, -0.05) is 12.1 Å². The molecule has 0 aliphatic rings. The molecule has 0 radical (unpaired) electrons. The van der Waals surface area contributed by atoms with Crippen LogP contribution in [0.15, 0.2) is 34.9 Å². The number of hydrogen-bond donors (Lipinski definition) is 0. The Morgan fingerprint density at radius 1 is 1.36 bits per heavy atom. The van der Waals surface area contributed by atoms with Crippen LogP contribution in [-0.2, 0) is 13.1 Å². The SMILES string of the molecule is CCOc1ccccc1C(=O)N(C)Cc1nn(CC)cc1Br. The number of hydrogen-bond acceptors (Lipinski definition) is 3. The van der Waals surface area contributed by atoms with Crippen molar-refractivity contribution in [3.05, 3.63) is 46.2 Å². The van der Waals surface area contributed by atoms with Gasteiger partial charge < -0.3 is 9.64 Å². The van der Waals surface area contributed by atoms with Gasteiger partial charge in [0, 0.05) is 19.8 Å². The second kappa shape index (κ2) is 7.45. The van der Waals surface area contributed by atoms with Gasteiger partial charge in [0.05, 0.1) is 28.9 Å². The maximum atomic E-state index is 12.6. The van der Waals surface area contributed by atoms with E-state index in [1.54, 1.807) is 18.0 Å². The lowest BCUT2D eigenvalue weighted by molar-refractivity contribution is 0.0778. The highest BCUT2D eigenvalue weighted by Crippen LogP contribution is 2.22. The van der Waals surface area contributed by atoms with Crippen LogP contribution in [0.1, 0.15) is 29.9 Å². The molecule has 0 aliphatic heterocycles. The van der Waals surface area contributed by atoms with Crippen molar-refractivity contribution in [1.82, 2.24) is 14.7 Å². The number of benzene rings is 1. The molecule has 2 rings (SSSR count). The maximum absolute atomic E-state index is 12.6. The van der Waals surface area contributed by atoms with E-state index in [0.29, 0.717) is 24.5 Å². The molecule has 2 aromatic rings. The Hall–Kier alpha value is -1.82. The average Bonchev–Trinajstić information content (AvgIpc) is 2.87. The Labute approximate surface area is 139 Å². The zero-order chi connectivity index (χ0) is 16.1. The molecule has 0 bridgehead atoms. The zero-order valence-electron chi connectivity index (χ0n) is 13.0. The summed E-state index contributed by atoms with van der Waals surface area (Å²) < 4.78 is 8.28. The molecule has 0 spiro atoms. The lowest BCUT2D eigenvalue weighted by Crippen LogP contribution is -2.27. The van der Waals surface area contributed by atoms with Crippen molar-refractivity contribution in [1.29, 1.82) is 0 Å². The first-order chi connectivity index (χ1) is 10.6. The summed E-state index contributed by atoms with van der Waals surface area (Å²) in [6, 6.07) is 7.29. The van der Waals surface area contributed by atoms with Crippen LogP contribution in [0.2, 0.25) is 0 Å². The standard InChI is InChI=1S/C16H20BrN3O2/c1-4-20-10-13(17)14(18-20)11-19(3)16(21)12-8-6-7-9-15(12)22-5-2/h6-10H,4-5,11H2,1-3H3. The molecule has 5 nitrogen and oxygen atoms in total. The first-order valence-corrected chi connectivity index (χ1v) is 8.05. The van der Waals surface area contributed by atoms with Crippen molar-refractivity contribution in [2.24, 2.45) is 0 Å². The smallest absolute Gasteiger partial charge is 0.257 e. The first kappa shape index (κ1) is 16.5. The monoisotopic (exact) mass is 365 g/mol. The van der Waals surface area contributed by atoms with Gasteiger partial charge in [-0.15, -0.1) is 0 Å². The van der Waals surface area contributed by atoms with Gasteiger partial charge in [0.15, 0.2) is 0 Å². The van der Waals surface area contributed by atoms with Crippen LogP contribution in [0.25, 0.3) is 0 Å². The molecule has 0 fully saturated rings. The topological polar surface area (TPSA) is 47.4 Å². The molecule has 1 amide bonds. The van der Waals surface area contributed by atoms with Crippen LogP contribution in [0.4, 0.5) is 0 Å². The minimum atomic E-state index is -0.0815. The van der Waals surface area contributed by atoms with Gasteiger partial charge >= 0.3 is 0 Å². The Bertz CT molecular complexity index is 655. The number of ether oxygens (including phenoxy) is 1. The number of carbonyl (C=O) groups excluding carboxylic acids is 1. The number of carbonyl (C=O) groups is 1. The number of amides is 1. The molecule has 1 aromatic heterocycles. The summed E-state index contributed by atoms with van der Waals surface area (Å²) in [5.41, 5.74) is 1.41. The van der Waals surface area contributed by atoms with Crippen LogP contribution >= 0.6 is 15.9 Å². The van der Waals surface area contributed by atoms with Crippen LogP contribution in [0, 0.1) is 0 Å².